The van der Waals surface area contributed by atoms with E-state index in [1.54, 1.807) is 42.5 Å². The van der Waals surface area contributed by atoms with Crippen LogP contribution in [0.15, 0.2) is 42.5 Å². The summed E-state index contributed by atoms with van der Waals surface area (Å²) in [5.74, 6) is 0.875. The molecule has 0 saturated heterocycles. The van der Waals surface area contributed by atoms with Gasteiger partial charge in [-0.25, -0.2) is 4.79 Å². The average Bonchev–Trinajstić information content (AvgIpc) is 3.19. The lowest BCUT2D eigenvalue weighted by molar-refractivity contribution is -0.123. The highest BCUT2D eigenvalue weighted by molar-refractivity contribution is 5.97. The minimum Gasteiger partial charge on any atom is -0.494 e. The number of carbonyl (C=O) groups excluding carboxylic acids is 2. The topological polar surface area (TPSA) is 83.1 Å². The zero-order chi connectivity index (χ0) is 20.6. The van der Waals surface area contributed by atoms with Crippen LogP contribution in [0.4, 0.5) is 5.69 Å². The third-order valence-corrected chi connectivity index (χ3v) is 4.40. The van der Waals surface area contributed by atoms with Gasteiger partial charge in [0.2, 0.25) is 6.79 Å². The maximum atomic E-state index is 12.3. The van der Waals surface area contributed by atoms with Crippen molar-refractivity contribution in [2.24, 2.45) is 0 Å². The minimum atomic E-state index is -0.960. The molecule has 0 unspecified atom stereocenters. The maximum Gasteiger partial charge on any atom is 0.338 e. The summed E-state index contributed by atoms with van der Waals surface area (Å²) in [5, 5.41) is 2.70. The van der Waals surface area contributed by atoms with Crippen LogP contribution in [-0.2, 0) is 9.53 Å². The first-order valence-corrected chi connectivity index (χ1v) is 9.71. The van der Waals surface area contributed by atoms with E-state index in [1.165, 1.54) is 6.92 Å². The highest BCUT2D eigenvalue weighted by Gasteiger charge is 2.20. The van der Waals surface area contributed by atoms with E-state index in [9.17, 15) is 9.59 Å². The van der Waals surface area contributed by atoms with Crippen molar-refractivity contribution >= 4 is 17.6 Å². The molecule has 0 fully saturated rings. The summed E-state index contributed by atoms with van der Waals surface area (Å²) in [6.45, 7) is 4.46. The number of nitrogens with one attached hydrogen (secondary N) is 1. The Bertz CT molecular complexity index is 849. The Morgan fingerprint density at radius 2 is 1.83 bits per heavy atom. The van der Waals surface area contributed by atoms with Gasteiger partial charge in [0, 0.05) is 11.8 Å². The smallest absolute Gasteiger partial charge is 0.338 e. The molecule has 0 spiro atoms. The van der Waals surface area contributed by atoms with E-state index in [-0.39, 0.29) is 6.79 Å². The lowest BCUT2D eigenvalue weighted by Gasteiger charge is -2.14. The van der Waals surface area contributed by atoms with Gasteiger partial charge in [-0.1, -0.05) is 19.8 Å². The first kappa shape index (κ1) is 20.5. The number of amides is 1. The second-order valence-corrected chi connectivity index (χ2v) is 6.68. The molecule has 7 heteroatoms. The van der Waals surface area contributed by atoms with Crippen LogP contribution in [0.2, 0.25) is 0 Å². The molecule has 0 aromatic heterocycles. The van der Waals surface area contributed by atoms with Crippen LogP contribution < -0.4 is 19.5 Å². The predicted octanol–water partition coefficient (Wildman–Crippen LogP) is 4.17. The number of anilines is 1. The summed E-state index contributed by atoms with van der Waals surface area (Å²) in [7, 11) is 0. The molecule has 3 rings (SSSR count). The van der Waals surface area contributed by atoms with Gasteiger partial charge in [-0.3, -0.25) is 4.79 Å². The number of fused-ring (bicyclic) bond motifs is 1. The minimum absolute atomic E-state index is 0.156. The van der Waals surface area contributed by atoms with Gasteiger partial charge in [0.05, 0.1) is 12.2 Å². The van der Waals surface area contributed by atoms with Crippen LogP contribution in [-0.4, -0.2) is 31.4 Å². The molecule has 2 aromatic rings. The lowest BCUT2D eigenvalue weighted by Crippen LogP contribution is -2.30. The second-order valence-electron chi connectivity index (χ2n) is 6.68. The molecule has 154 valence electrons. The Hall–Kier alpha value is -3.22. The third kappa shape index (κ3) is 5.63. The van der Waals surface area contributed by atoms with Crippen LogP contribution in [0, 0.1) is 0 Å². The molecule has 0 radical (unpaired) electrons. The number of esters is 1. The number of carbonyl (C=O) groups is 2. The summed E-state index contributed by atoms with van der Waals surface area (Å²) in [5.41, 5.74) is 0.889. The van der Waals surface area contributed by atoms with Crippen molar-refractivity contribution in [3.8, 4) is 17.2 Å². The van der Waals surface area contributed by atoms with Crippen molar-refractivity contribution in [2.75, 3.05) is 18.7 Å². The quantitative estimate of drug-likeness (QED) is 0.503. The van der Waals surface area contributed by atoms with Crippen molar-refractivity contribution in [1.82, 2.24) is 0 Å². The third-order valence-electron chi connectivity index (χ3n) is 4.40. The number of rotatable bonds is 9. The fraction of sp³-hybridized carbons (Fsp3) is 0.364. The van der Waals surface area contributed by atoms with Crippen molar-refractivity contribution in [3.05, 3.63) is 48.0 Å². The molecule has 2 aromatic carbocycles. The van der Waals surface area contributed by atoms with E-state index >= 15 is 0 Å². The highest BCUT2D eigenvalue weighted by atomic mass is 16.7. The Kier molecular flexibility index (Phi) is 6.94. The van der Waals surface area contributed by atoms with Gasteiger partial charge in [-0.2, -0.15) is 0 Å². The molecule has 1 atom stereocenters. The van der Waals surface area contributed by atoms with E-state index in [2.05, 4.69) is 12.2 Å². The van der Waals surface area contributed by atoms with Gasteiger partial charge in [0.25, 0.3) is 5.91 Å². The Morgan fingerprint density at radius 1 is 1.07 bits per heavy atom. The summed E-state index contributed by atoms with van der Waals surface area (Å²) in [6, 6.07) is 11.8. The summed E-state index contributed by atoms with van der Waals surface area (Å²) in [6.07, 6.45) is 2.29. The first-order valence-electron chi connectivity index (χ1n) is 9.71. The molecule has 0 bridgehead atoms. The summed E-state index contributed by atoms with van der Waals surface area (Å²) < 4.78 is 21.4. The highest BCUT2D eigenvalue weighted by Crippen LogP contribution is 2.34. The lowest BCUT2D eigenvalue weighted by atomic mass is 10.2. The van der Waals surface area contributed by atoms with Crippen LogP contribution in [0.1, 0.15) is 43.5 Å². The van der Waals surface area contributed by atoms with Gasteiger partial charge in [-0.15, -0.1) is 0 Å². The van der Waals surface area contributed by atoms with E-state index in [0.29, 0.717) is 35.1 Å². The van der Waals surface area contributed by atoms with E-state index in [4.69, 9.17) is 18.9 Å². The molecular formula is C22H25NO6. The predicted molar refractivity (Wildman–Crippen MR) is 108 cm³/mol. The number of unbranched alkanes of at least 4 members (excludes halogenated alkanes) is 2. The summed E-state index contributed by atoms with van der Waals surface area (Å²) >= 11 is 0. The Labute approximate surface area is 169 Å². The van der Waals surface area contributed by atoms with Crippen molar-refractivity contribution in [1.29, 1.82) is 0 Å². The molecule has 0 saturated carbocycles. The van der Waals surface area contributed by atoms with Gasteiger partial charge >= 0.3 is 5.97 Å². The van der Waals surface area contributed by atoms with Crippen LogP contribution in [0.3, 0.4) is 0 Å². The standard InChI is InChI=1S/C22H25NO6/c1-3-4-5-12-26-18-9-6-16(7-10-18)22(25)29-15(2)21(24)23-17-8-11-19-20(13-17)28-14-27-19/h6-11,13,15H,3-5,12,14H2,1-2H3,(H,23,24)/t15-/m1/s1. The largest absolute Gasteiger partial charge is 0.494 e. The molecule has 1 heterocycles. The van der Waals surface area contributed by atoms with Crippen molar-refractivity contribution in [3.63, 3.8) is 0 Å². The number of benzene rings is 2. The fourth-order valence-corrected chi connectivity index (χ4v) is 2.73. The molecule has 1 N–H and O–H groups in total. The van der Waals surface area contributed by atoms with E-state index in [1.807, 2.05) is 0 Å². The zero-order valence-electron chi connectivity index (χ0n) is 16.6. The average molecular weight is 399 g/mol. The normalized spacial score (nSPS) is 12.9. The Balaban J connectivity index is 1.49. The van der Waals surface area contributed by atoms with Gasteiger partial charge in [0.15, 0.2) is 17.6 Å². The number of ether oxygens (including phenoxy) is 4. The van der Waals surface area contributed by atoms with Crippen LogP contribution in [0.5, 0.6) is 17.2 Å². The summed E-state index contributed by atoms with van der Waals surface area (Å²) in [4.78, 5) is 24.6. The molecule has 1 aliphatic rings. The van der Waals surface area contributed by atoms with Gasteiger partial charge in [0.1, 0.15) is 5.75 Å². The van der Waals surface area contributed by atoms with Crippen LogP contribution >= 0.6 is 0 Å². The molecule has 1 amide bonds. The molecule has 29 heavy (non-hydrogen) atoms. The fourth-order valence-electron chi connectivity index (χ4n) is 2.73. The van der Waals surface area contributed by atoms with Gasteiger partial charge < -0.3 is 24.3 Å². The van der Waals surface area contributed by atoms with Crippen LogP contribution in [0.25, 0.3) is 0 Å². The monoisotopic (exact) mass is 399 g/mol. The zero-order valence-corrected chi connectivity index (χ0v) is 16.6. The van der Waals surface area contributed by atoms with E-state index < -0.39 is 18.0 Å². The molecule has 7 nitrogen and oxygen atoms in total. The van der Waals surface area contributed by atoms with Crippen molar-refractivity contribution < 1.29 is 28.5 Å². The maximum absolute atomic E-state index is 12.3. The number of hydrogen-bond donors (Lipinski definition) is 1. The first-order chi connectivity index (χ1) is 14.1. The van der Waals surface area contributed by atoms with Gasteiger partial charge in [-0.05, 0) is 49.7 Å². The SMILES string of the molecule is CCCCCOc1ccc(C(=O)O[C@H](C)C(=O)Nc2ccc3c(c2)OCO3)cc1. The number of hydrogen-bond acceptors (Lipinski definition) is 6. The second kappa shape index (κ2) is 9.82. The van der Waals surface area contributed by atoms with E-state index in [0.717, 1.165) is 19.3 Å². The Morgan fingerprint density at radius 3 is 2.59 bits per heavy atom. The van der Waals surface area contributed by atoms with Crippen molar-refractivity contribution in [2.45, 2.75) is 39.2 Å². The molecular weight excluding hydrogens is 374 g/mol. The molecule has 1 aliphatic heterocycles. The molecule has 0 aliphatic carbocycles.